The molecule has 1 saturated heterocycles. The van der Waals surface area contributed by atoms with Gasteiger partial charge in [-0.25, -0.2) is 13.4 Å². The summed E-state index contributed by atoms with van der Waals surface area (Å²) in [5.74, 6) is 0.130. The molecule has 0 spiro atoms. The van der Waals surface area contributed by atoms with Crippen molar-refractivity contribution < 1.29 is 13.2 Å². The van der Waals surface area contributed by atoms with Crippen molar-refractivity contribution in [2.45, 2.75) is 45.1 Å². The highest BCUT2D eigenvalue weighted by Crippen LogP contribution is 2.34. The summed E-state index contributed by atoms with van der Waals surface area (Å²) >= 11 is 1.50. The van der Waals surface area contributed by atoms with E-state index in [1.165, 1.54) is 11.3 Å². The summed E-state index contributed by atoms with van der Waals surface area (Å²) < 4.78 is 29.0. The Labute approximate surface area is 222 Å². The Kier molecular flexibility index (Phi) is 7.16. The first-order valence-electron chi connectivity index (χ1n) is 12.6. The van der Waals surface area contributed by atoms with Crippen molar-refractivity contribution in [3.63, 3.8) is 0 Å². The minimum Gasteiger partial charge on any atom is -0.279 e. The molecule has 37 heavy (non-hydrogen) atoms. The van der Waals surface area contributed by atoms with Gasteiger partial charge in [-0.3, -0.25) is 9.69 Å². The number of hydrogen-bond acceptors (Lipinski definition) is 5. The number of carbonyl (C=O) groups is 1. The predicted octanol–water partition coefficient (Wildman–Crippen LogP) is 6.18. The molecule has 1 unspecified atom stereocenters. The van der Waals surface area contributed by atoms with E-state index >= 15 is 0 Å². The van der Waals surface area contributed by atoms with Gasteiger partial charge in [0.05, 0.1) is 21.7 Å². The lowest BCUT2D eigenvalue weighted by molar-refractivity contribution is 0.0985. The zero-order chi connectivity index (χ0) is 26.2. The standard InChI is InChI=1S/C29H31N3O3S2/c1-20-8-7-15-31(18-20)37(34,35)25-13-11-24(12-14-25)28(33)32(19-23-9-5-4-6-10-23)29-30-26-17-21(2)16-22(3)27(26)36-29/h4-6,9-14,16-17,20H,7-8,15,18-19H2,1-3H3. The Bertz CT molecular complexity index is 1530. The maximum atomic E-state index is 13.8. The van der Waals surface area contributed by atoms with Crippen LogP contribution in [0.4, 0.5) is 5.13 Å². The number of carbonyl (C=O) groups excluding carboxylic acids is 1. The number of aryl methyl sites for hydroxylation is 2. The van der Waals surface area contributed by atoms with E-state index in [-0.39, 0.29) is 10.8 Å². The van der Waals surface area contributed by atoms with Gasteiger partial charge in [-0.1, -0.05) is 54.7 Å². The van der Waals surface area contributed by atoms with E-state index in [0.717, 1.165) is 39.7 Å². The first-order chi connectivity index (χ1) is 17.7. The van der Waals surface area contributed by atoms with Crippen LogP contribution in [0.3, 0.4) is 0 Å². The number of benzene rings is 3. The Morgan fingerprint density at radius 2 is 1.81 bits per heavy atom. The fourth-order valence-corrected chi connectivity index (χ4v) is 7.52. The molecule has 2 heterocycles. The lowest BCUT2D eigenvalue weighted by Gasteiger charge is -2.30. The molecule has 1 aromatic heterocycles. The van der Waals surface area contributed by atoms with Gasteiger partial charge in [0.1, 0.15) is 0 Å². The van der Waals surface area contributed by atoms with Gasteiger partial charge in [0.15, 0.2) is 5.13 Å². The van der Waals surface area contributed by atoms with Crippen LogP contribution < -0.4 is 4.90 Å². The summed E-state index contributed by atoms with van der Waals surface area (Å²) in [4.78, 5) is 20.5. The third kappa shape index (κ3) is 5.32. The summed E-state index contributed by atoms with van der Waals surface area (Å²) in [6.07, 6.45) is 1.91. The second-order valence-electron chi connectivity index (χ2n) is 9.94. The first kappa shape index (κ1) is 25.6. The van der Waals surface area contributed by atoms with Crippen LogP contribution in [0.25, 0.3) is 10.2 Å². The average molecular weight is 534 g/mol. The normalized spacial score (nSPS) is 16.7. The van der Waals surface area contributed by atoms with Gasteiger partial charge >= 0.3 is 0 Å². The number of anilines is 1. The molecule has 1 fully saturated rings. The van der Waals surface area contributed by atoms with Crippen molar-refractivity contribution in [3.8, 4) is 0 Å². The van der Waals surface area contributed by atoms with Crippen LogP contribution >= 0.6 is 11.3 Å². The molecule has 192 valence electrons. The van der Waals surface area contributed by atoms with Gasteiger partial charge < -0.3 is 0 Å². The molecule has 1 amide bonds. The minimum atomic E-state index is -3.59. The zero-order valence-electron chi connectivity index (χ0n) is 21.3. The summed E-state index contributed by atoms with van der Waals surface area (Å²) in [5.41, 5.74) is 4.55. The predicted molar refractivity (Wildman–Crippen MR) is 150 cm³/mol. The van der Waals surface area contributed by atoms with Crippen molar-refractivity contribution in [3.05, 3.63) is 89.0 Å². The fraction of sp³-hybridized carbons (Fsp3) is 0.310. The number of piperidine rings is 1. The summed E-state index contributed by atoms with van der Waals surface area (Å²) in [7, 11) is -3.59. The number of thiazole rings is 1. The second kappa shape index (κ2) is 10.4. The van der Waals surface area contributed by atoms with Gasteiger partial charge in [-0.2, -0.15) is 4.31 Å². The summed E-state index contributed by atoms with van der Waals surface area (Å²) in [5, 5.41) is 0.622. The molecule has 3 aromatic carbocycles. The number of nitrogens with zero attached hydrogens (tertiary/aromatic N) is 3. The molecule has 1 atom stereocenters. The van der Waals surface area contributed by atoms with Crippen LogP contribution in [0, 0.1) is 19.8 Å². The van der Waals surface area contributed by atoms with E-state index < -0.39 is 10.0 Å². The molecular weight excluding hydrogens is 502 g/mol. The number of fused-ring (bicyclic) bond motifs is 1. The Morgan fingerprint density at radius 3 is 2.51 bits per heavy atom. The number of hydrogen-bond donors (Lipinski definition) is 0. The monoisotopic (exact) mass is 533 g/mol. The van der Waals surface area contributed by atoms with E-state index in [1.54, 1.807) is 33.5 Å². The molecule has 6 nitrogen and oxygen atoms in total. The Balaban J connectivity index is 1.48. The zero-order valence-corrected chi connectivity index (χ0v) is 23.0. The number of sulfonamides is 1. The van der Waals surface area contributed by atoms with E-state index in [1.807, 2.05) is 43.3 Å². The minimum absolute atomic E-state index is 0.215. The van der Waals surface area contributed by atoms with Crippen molar-refractivity contribution >= 4 is 42.6 Å². The first-order valence-corrected chi connectivity index (χ1v) is 14.8. The molecule has 0 aliphatic carbocycles. The van der Waals surface area contributed by atoms with Crippen LogP contribution in [-0.2, 0) is 16.6 Å². The largest absolute Gasteiger partial charge is 0.279 e. The molecule has 4 aromatic rings. The van der Waals surface area contributed by atoms with Crippen LogP contribution in [0.5, 0.6) is 0 Å². The van der Waals surface area contributed by atoms with E-state index in [9.17, 15) is 13.2 Å². The van der Waals surface area contributed by atoms with Crippen molar-refractivity contribution in [2.24, 2.45) is 5.92 Å². The van der Waals surface area contributed by atoms with Gasteiger partial charge in [-0.15, -0.1) is 0 Å². The smallest absolute Gasteiger partial charge is 0.260 e. The molecule has 0 radical (unpaired) electrons. The van der Waals surface area contributed by atoms with Crippen LogP contribution in [0.2, 0.25) is 0 Å². The van der Waals surface area contributed by atoms with Crippen molar-refractivity contribution in [2.75, 3.05) is 18.0 Å². The number of amides is 1. The van der Waals surface area contributed by atoms with Crippen LogP contribution in [0.15, 0.2) is 71.6 Å². The molecule has 5 rings (SSSR count). The Hall–Kier alpha value is -3.07. The lowest BCUT2D eigenvalue weighted by Crippen LogP contribution is -2.39. The fourth-order valence-electron chi connectivity index (χ4n) is 4.91. The van der Waals surface area contributed by atoms with E-state index in [2.05, 4.69) is 19.9 Å². The lowest BCUT2D eigenvalue weighted by atomic mass is 10.0. The van der Waals surface area contributed by atoms with Crippen molar-refractivity contribution in [1.29, 1.82) is 0 Å². The third-order valence-corrected chi connectivity index (χ3v) is 9.94. The van der Waals surface area contributed by atoms with E-state index in [0.29, 0.717) is 36.2 Å². The molecule has 0 N–H and O–H groups in total. The van der Waals surface area contributed by atoms with Crippen molar-refractivity contribution in [1.82, 2.24) is 9.29 Å². The molecule has 0 saturated carbocycles. The molecule has 8 heteroatoms. The topological polar surface area (TPSA) is 70.6 Å². The van der Waals surface area contributed by atoms with Gasteiger partial charge in [0.2, 0.25) is 10.0 Å². The molecular formula is C29H31N3O3S2. The average Bonchev–Trinajstić information content (AvgIpc) is 3.32. The highest BCUT2D eigenvalue weighted by atomic mass is 32.2. The maximum Gasteiger partial charge on any atom is 0.260 e. The Morgan fingerprint density at radius 1 is 1.08 bits per heavy atom. The summed E-state index contributed by atoms with van der Waals surface area (Å²) in [6.45, 7) is 7.61. The third-order valence-electron chi connectivity index (χ3n) is 6.83. The van der Waals surface area contributed by atoms with Gasteiger partial charge in [0.25, 0.3) is 5.91 Å². The maximum absolute atomic E-state index is 13.8. The van der Waals surface area contributed by atoms with E-state index in [4.69, 9.17) is 4.98 Å². The molecule has 1 aliphatic heterocycles. The highest BCUT2D eigenvalue weighted by Gasteiger charge is 2.29. The number of aromatic nitrogens is 1. The summed E-state index contributed by atoms with van der Waals surface area (Å²) in [6, 6.07) is 20.3. The highest BCUT2D eigenvalue weighted by molar-refractivity contribution is 7.89. The quantitative estimate of drug-likeness (QED) is 0.297. The van der Waals surface area contributed by atoms with Gasteiger partial charge in [0, 0.05) is 18.7 Å². The second-order valence-corrected chi connectivity index (χ2v) is 12.9. The van der Waals surface area contributed by atoms with Crippen LogP contribution in [-0.4, -0.2) is 36.7 Å². The molecule has 1 aliphatic rings. The molecule has 0 bridgehead atoms. The van der Waals surface area contributed by atoms with Crippen LogP contribution in [0.1, 0.15) is 46.8 Å². The SMILES string of the molecule is Cc1cc(C)c2sc(N(Cc3ccccc3)C(=O)c3ccc(S(=O)(=O)N4CCCC(C)C4)cc3)nc2c1. The number of rotatable bonds is 6. The van der Waals surface area contributed by atoms with Gasteiger partial charge in [-0.05, 0) is 79.6 Å².